The van der Waals surface area contributed by atoms with Crippen LogP contribution in [-0.4, -0.2) is 80.0 Å². The number of nitrogens with zero attached hydrogens (tertiary/aromatic N) is 7. The van der Waals surface area contributed by atoms with Gasteiger partial charge in [-0.2, -0.15) is 14.6 Å². The molecular formula is C18H23N7O2. The van der Waals surface area contributed by atoms with Crippen LogP contribution >= 0.6 is 0 Å². The third kappa shape index (κ3) is 2.90. The van der Waals surface area contributed by atoms with Gasteiger partial charge in [-0.25, -0.2) is 4.98 Å². The first-order chi connectivity index (χ1) is 13.1. The number of amides is 2. The van der Waals surface area contributed by atoms with E-state index in [4.69, 9.17) is 0 Å². The zero-order chi connectivity index (χ0) is 18.5. The molecule has 0 aromatic carbocycles. The maximum Gasteiger partial charge on any atom is 0.254 e. The molecule has 0 bridgehead atoms. The molecule has 9 heteroatoms. The fourth-order valence-electron chi connectivity index (χ4n) is 4.19. The van der Waals surface area contributed by atoms with E-state index < -0.39 is 0 Å². The molecule has 3 aliphatic rings. The Morgan fingerprint density at radius 1 is 1.19 bits per heavy atom. The second kappa shape index (κ2) is 6.17. The average molecular weight is 369 g/mol. The summed E-state index contributed by atoms with van der Waals surface area (Å²) in [7, 11) is 0. The molecule has 2 saturated heterocycles. The third-order valence-corrected chi connectivity index (χ3v) is 5.77. The predicted molar refractivity (Wildman–Crippen MR) is 97.2 cm³/mol. The van der Waals surface area contributed by atoms with Gasteiger partial charge >= 0.3 is 0 Å². The van der Waals surface area contributed by atoms with Gasteiger partial charge in [-0.05, 0) is 19.8 Å². The van der Waals surface area contributed by atoms with Crippen molar-refractivity contribution < 1.29 is 9.59 Å². The van der Waals surface area contributed by atoms with Crippen LogP contribution in [0.25, 0.3) is 5.78 Å². The van der Waals surface area contributed by atoms with Gasteiger partial charge in [0.2, 0.25) is 11.8 Å². The van der Waals surface area contributed by atoms with Gasteiger partial charge in [0.05, 0.1) is 5.92 Å². The standard InChI is InChI=1S/C18H23N7O2/c1-12-8-15(25-18(21-12)19-11-20-25)22-4-6-23(7-5-22)17(27)13-9-16(26)24(10-13)14-2-3-14/h8,11,13-14H,2-7,9-10H2,1H3. The summed E-state index contributed by atoms with van der Waals surface area (Å²) >= 11 is 0. The predicted octanol–water partition coefficient (Wildman–Crippen LogP) is 0.0922. The lowest BCUT2D eigenvalue weighted by Gasteiger charge is -2.37. The van der Waals surface area contributed by atoms with Crippen molar-refractivity contribution in [3.8, 4) is 0 Å². The number of hydrogen-bond donors (Lipinski definition) is 0. The summed E-state index contributed by atoms with van der Waals surface area (Å²) in [6.45, 7) is 5.33. The first-order valence-electron chi connectivity index (χ1n) is 9.61. The Balaban J connectivity index is 1.25. The van der Waals surface area contributed by atoms with Crippen molar-refractivity contribution in [2.45, 2.75) is 32.2 Å². The summed E-state index contributed by atoms with van der Waals surface area (Å²) in [5.74, 6) is 1.65. The van der Waals surface area contributed by atoms with E-state index >= 15 is 0 Å². The lowest BCUT2D eigenvalue weighted by atomic mass is 10.1. The molecule has 5 rings (SSSR count). The summed E-state index contributed by atoms with van der Waals surface area (Å²) in [6.07, 6.45) is 4.06. The van der Waals surface area contributed by atoms with Crippen LogP contribution in [0, 0.1) is 12.8 Å². The summed E-state index contributed by atoms with van der Waals surface area (Å²) in [4.78, 5) is 39.6. The highest BCUT2D eigenvalue weighted by molar-refractivity contribution is 5.89. The quantitative estimate of drug-likeness (QED) is 0.762. The molecule has 1 aliphatic carbocycles. The molecule has 142 valence electrons. The van der Waals surface area contributed by atoms with Crippen LogP contribution in [0.3, 0.4) is 0 Å². The first-order valence-corrected chi connectivity index (χ1v) is 9.61. The van der Waals surface area contributed by atoms with Crippen molar-refractivity contribution in [1.29, 1.82) is 0 Å². The fraction of sp³-hybridized carbons (Fsp3) is 0.611. The monoisotopic (exact) mass is 369 g/mol. The van der Waals surface area contributed by atoms with E-state index in [9.17, 15) is 9.59 Å². The van der Waals surface area contributed by atoms with Gasteiger partial charge in [0, 0.05) is 56.9 Å². The van der Waals surface area contributed by atoms with Gasteiger partial charge in [0.25, 0.3) is 5.78 Å². The normalized spacial score (nSPS) is 23.5. The Labute approximate surface area is 157 Å². The number of rotatable bonds is 3. The molecule has 2 amide bonds. The topological polar surface area (TPSA) is 86.9 Å². The molecule has 9 nitrogen and oxygen atoms in total. The molecule has 3 fully saturated rings. The highest BCUT2D eigenvalue weighted by Crippen LogP contribution is 2.33. The molecule has 0 radical (unpaired) electrons. The number of aromatic nitrogens is 4. The van der Waals surface area contributed by atoms with Crippen molar-refractivity contribution in [3.63, 3.8) is 0 Å². The van der Waals surface area contributed by atoms with E-state index in [0.29, 0.717) is 37.9 Å². The van der Waals surface area contributed by atoms with Crippen molar-refractivity contribution in [2.75, 3.05) is 37.6 Å². The maximum absolute atomic E-state index is 12.9. The molecule has 2 aliphatic heterocycles. The number of carbonyl (C=O) groups excluding carboxylic acids is 2. The van der Waals surface area contributed by atoms with Gasteiger partial charge < -0.3 is 14.7 Å². The summed E-state index contributed by atoms with van der Waals surface area (Å²) in [6, 6.07) is 2.40. The summed E-state index contributed by atoms with van der Waals surface area (Å²) in [5.41, 5.74) is 0.897. The fourth-order valence-corrected chi connectivity index (χ4v) is 4.19. The van der Waals surface area contributed by atoms with Crippen molar-refractivity contribution in [1.82, 2.24) is 29.4 Å². The van der Waals surface area contributed by atoms with Crippen LogP contribution in [0.1, 0.15) is 25.0 Å². The van der Waals surface area contributed by atoms with Crippen molar-refractivity contribution in [2.24, 2.45) is 5.92 Å². The number of likely N-dealkylation sites (tertiary alicyclic amines) is 1. The number of fused-ring (bicyclic) bond motifs is 1. The van der Waals surface area contributed by atoms with Crippen LogP contribution < -0.4 is 4.90 Å². The number of piperazine rings is 1. The van der Waals surface area contributed by atoms with E-state index in [2.05, 4.69) is 20.0 Å². The molecule has 2 aromatic heterocycles. The van der Waals surface area contributed by atoms with E-state index in [-0.39, 0.29) is 17.7 Å². The van der Waals surface area contributed by atoms with Crippen molar-refractivity contribution in [3.05, 3.63) is 18.1 Å². The SMILES string of the molecule is Cc1cc(N2CCN(C(=O)C3CC(=O)N(C4CC4)C3)CC2)n2ncnc2n1. The third-order valence-electron chi connectivity index (χ3n) is 5.77. The van der Waals surface area contributed by atoms with Crippen LogP contribution in [0.5, 0.6) is 0 Å². The molecular weight excluding hydrogens is 346 g/mol. The number of hydrogen-bond acceptors (Lipinski definition) is 6. The molecule has 0 spiro atoms. The number of aryl methyl sites for hydroxylation is 1. The molecule has 27 heavy (non-hydrogen) atoms. The number of anilines is 1. The maximum atomic E-state index is 12.9. The van der Waals surface area contributed by atoms with Gasteiger partial charge in [-0.3, -0.25) is 9.59 Å². The Hall–Kier alpha value is -2.71. The second-order valence-corrected chi connectivity index (χ2v) is 7.72. The average Bonchev–Trinajstić information content (AvgIpc) is 3.28. The Morgan fingerprint density at radius 2 is 1.96 bits per heavy atom. The molecule has 4 heterocycles. The van der Waals surface area contributed by atoms with Gasteiger partial charge in [-0.1, -0.05) is 0 Å². The van der Waals surface area contributed by atoms with Crippen LogP contribution in [0.15, 0.2) is 12.4 Å². The lowest BCUT2D eigenvalue weighted by Crippen LogP contribution is -2.51. The molecule has 1 unspecified atom stereocenters. The minimum absolute atomic E-state index is 0.128. The highest BCUT2D eigenvalue weighted by atomic mass is 16.2. The first kappa shape index (κ1) is 16.5. The van der Waals surface area contributed by atoms with E-state index in [1.807, 2.05) is 22.8 Å². The van der Waals surface area contributed by atoms with Gasteiger partial charge in [0.1, 0.15) is 12.1 Å². The minimum Gasteiger partial charge on any atom is -0.353 e. The Bertz CT molecular complexity index is 898. The minimum atomic E-state index is -0.171. The summed E-state index contributed by atoms with van der Waals surface area (Å²) < 4.78 is 1.74. The van der Waals surface area contributed by atoms with Crippen LogP contribution in [-0.2, 0) is 9.59 Å². The van der Waals surface area contributed by atoms with Crippen molar-refractivity contribution >= 4 is 23.4 Å². The van der Waals surface area contributed by atoms with E-state index in [1.54, 1.807) is 4.52 Å². The molecule has 0 N–H and O–H groups in total. The van der Waals surface area contributed by atoms with Crippen LogP contribution in [0.2, 0.25) is 0 Å². The lowest BCUT2D eigenvalue weighted by molar-refractivity contribution is -0.136. The molecule has 1 atom stereocenters. The molecule has 1 saturated carbocycles. The second-order valence-electron chi connectivity index (χ2n) is 7.72. The molecule has 2 aromatic rings. The van der Waals surface area contributed by atoms with Crippen LogP contribution in [0.4, 0.5) is 5.82 Å². The zero-order valence-corrected chi connectivity index (χ0v) is 15.4. The van der Waals surface area contributed by atoms with Gasteiger partial charge in [0.15, 0.2) is 0 Å². The Morgan fingerprint density at radius 3 is 2.70 bits per heavy atom. The van der Waals surface area contributed by atoms with Gasteiger partial charge in [-0.15, -0.1) is 0 Å². The van der Waals surface area contributed by atoms with E-state index in [0.717, 1.165) is 37.4 Å². The van der Waals surface area contributed by atoms with E-state index in [1.165, 1.54) is 6.33 Å². The summed E-state index contributed by atoms with van der Waals surface area (Å²) in [5, 5.41) is 4.27. The zero-order valence-electron chi connectivity index (χ0n) is 15.4. The highest BCUT2D eigenvalue weighted by Gasteiger charge is 2.43. The smallest absolute Gasteiger partial charge is 0.254 e. The number of carbonyl (C=O) groups is 2. The Kier molecular flexibility index (Phi) is 3.76. The largest absolute Gasteiger partial charge is 0.353 e.